The van der Waals surface area contributed by atoms with Crippen molar-refractivity contribution in [3.63, 3.8) is 0 Å². The summed E-state index contributed by atoms with van der Waals surface area (Å²) in [6.07, 6.45) is 1.65. The molecule has 0 unspecified atom stereocenters. The molecule has 364 valence electrons. The Labute approximate surface area is 374 Å². The number of carbonyl (C=O) groups is 9. The molecule has 0 bridgehead atoms. The number of amides is 7. The van der Waals surface area contributed by atoms with Gasteiger partial charge in [-0.1, -0.05) is 0 Å². The van der Waals surface area contributed by atoms with Crippen molar-refractivity contribution < 1.29 is 53.4 Å². The monoisotopic (exact) mass is 924 g/mol. The Balaban J connectivity index is 3.47. The first-order chi connectivity index (χ1) is 30.6. The lowest BCUT2D eigenvalue weighted by atomic mass is 10.0. The van der Waals surface area contributed by atoms with Crippen molar-refractivity contribution in [2.24, 2.45) is 50.1 Å². The molecule has 1 aromatic rings. The number of H-pyrrole nitrogens is 1. The smallest absolute Gasteiger partial charge is 0.325 e. The Bertz CT molecular complexity index is 1800. The minimum Gasteiger partial charge on any atom is -0.481 e. The van der Waals surface area contributed by atoms with E-state index in [1.807, 2.05) is 0 Å². The number of hydrogen-bond donors (Lipinski definition) is 16. The third kappa shape index (κ3) is 23.8. The van der Waals surface area contributed by atoms with Crippen LogP contribution in [0.3, 0.4) is 0 Å². The average molecular weight is 924 g/mol. The minimum absolute atomic E-state index is 0.0161. The van der Waals surface area contributed by atoms with Crippen molar-refractivity contribution in [3.05, 3.63) is 18.2 Å². The van der Waals surface area contributed by atoms with Gasteiger partial charge in [0.15, 0.2) is 11.9 Å². The molecule has 7 amide bonds. The Hall–Kier alpha value is -7.10. The van der Waals surface area contributed by atoms with Gasteiger partial charge in [0.05, 0.1) is 12.4 Å². The number of aromatic nitrogens is 2. The van der Waals surface area contributed by atoms with Crippen LogP contribution in [0.1, 0.15) is 83.2 Å². The van der Waals surface area contributed by atoms with Crippen LogP contribution in [0.2, 0.25) is 0 Å². The van der Waals surface area contributed by atoms with E-state index in [4.69, 9.17) is 40.1 Å². The number of carboxylic acid groups (broad SMARTS) is 2. The third-order valence-corrected chi connectivity index (χ3v) is 9.39. The van der Waals surface area contributed by atoms with Crippen LogP contribution in [0, 0.1) is 0 Å². The Morgan fingerprint density at radius 3 is 1.42 bits per heavy atom. The number of carboxylic acids is 2. The summed E-state index contributed by atoms with van der Waals surface area (Å²) in [5.41, 5.74) is 39.2. The van der Waals surface area contributed by atoms with Gasteiger partial charge in [-0.15, -0.1) is 0 Å². The van der Waals surface area contributed by atoms with Crippen molar-refractivity contribution in [3.8, 4) is 0 Å². The summed E-state index contributed by atoms with van der Waals surface area (Å²) in [6, 6.07) is -9.78. The highest BCUT2D eigenvalue weighted by Gasteiger charge is 2.33. The summed E-state index contributed by atoms with van der Waals surface area (Å²) in [7, 11) is 0. The number of aliphatic imine (C=N–C) groups is 2. The summed E-state index contributed by atoms with van der Waals surface area (Å²) in [5, 5.41) is 33.4. The number of nitrogens with two attached hydrogens (primary N) is 7. The molecule has 28 nitrogen and oxygen atoms in total. The Kier molecular flexibility index (Phi) is 25.9. The van der Waals surface area contributed by atoms with Crippen LogP contribution in [-0.4, -0.2) is 147 Å². The number of hydrogen-bond acceptors (Lipinski definition) is 14. The van der Waals surface area contributed by atoms with Crippen LogP contribution < -0.4 is 72.0 Å². The Morgan fingerprint density at radius 2 is 1.03 bits per heavy atom. The molecule has 0 radical (unpaired) electrons. The number of rotatable bonds is 33. The maximum absolute atomic E-state index is 14.0. The van der Waals surface area contributed by atoms with Gasteiger partial charge in [-0.3, -0.25) is 53.1 Å². The van der Waals surface area contributed by atoms with Crippen LogP contribution in [0.4, 0.5) is 0 Å². The van der Waals surface area contributed by atoms with Crippen LogP contribution in [0.15, 0.2) is 22.5 Å². The van der Waals surface area contributed by atoms with E-state index >= 15 is 0 Å². The van der Waals surface area contributed by atoms with Crippen molar-refractivity contribution >= 4 is 65.2 Å². The molecule has 0 aliphatic rings. The molecular weight excluding hydrogens is 859 g/mol. The summed E-state index contributed by atoms with van der Waals surface area (Å²) >= 11 is 0. The molecule has 1 heterocycles. The molecule has 65 heavy (non-hydrogen) atoms. The first-order valence-corrected chi connectivity index (χ1v) is 20.7. The third-order valence-electron chi connectivity index (χ3n) is 9.39. The lowest BCUT2D eigenvalue weighted by molar-refractivity contribution is -0.142. The second-order valence-electron chi connectivity index (χ2n) is 14.9. The van der Waals surface area contributed by atoms with Gasteiger partial charge in [-0.05, 0) is 71.3 Å². The zero-order chi connectivity index (χ0) is 49.1. The number of nitrogens with one attached hydrogen (secondary N) is 7. The molecular formula is C37H65N17O11. The van der Waals surface area contributed by atoms with Gasteiger partial charge >= 0.3 is 11.9 Å². The van der Waals surface area contributed by atoms with Crippen molar-refractivity contribution in [1.82, 2.24) is 41.9 Å². The molecule has 0 aliphatic carbocycles. The standard InChI is InChI=1S/C37H65N17O11/c1-19(35(64)65)49-30(59)23(7-4-14-46-36(41)42)52-32(61)24(8-5-15-47-37(43)44)53-31(60)22(6-2-3-13-38)51-33(62)25(9-11-27(40)55)54-34(63)26(10-12-28(56)57)50-29(58)21(39)16-20-17-45-18-48-20/h17-19,21-26H,2-16,38-39H2,1H3,(H2,40,55)(H,45,48)(H,49,59)(H,50,58)(H,51,62)(H,52,61)(H,53,60)(H,54,63)(H,56,57)(H,64,65)(H4,41,42,46)(H4,43,44,47)/t19-,21-,22-,23-,24-,25-,26-/m0/s1. The van der Waals surface area contributed by atoms with Crippen molar-refractivity contribution in [2.45, 2.75) is 126 Å². The normalized spacial score (nSPS) is 14.0. The van der Waals surface area contributed by atoms with Crippen molar-refractivity contribution in [1.29, 1.82) is 0 Å². The number of imidazole rings is 1. The molecule has 0 aliphatic heterocycles. The fraction of sp³-hybridized carbons (Fsp3) is 0.622. The maximum Gasteiger partial charge on any atom is 0.325 e. The lowest BCUT2D eigenvalue weighted by Gasteiger charge is -2.27. The molecule has 0 saturated heterocycles. The fourth-order valence-electron chi connectivity index (χ4n) is 5.87. The van der Waals surface area contributed by atoms with E-state index in [0.29, 0.717) is 12.1 Å². The Morgan fingerprint density at radius 1 is 0.615 bits per heavy atom. The van der Waals surface area contributed by atoms with Gasteiger partial charge in [0, 0.05) is 44.2 Å². The summed E-state index contributed by atoms with van der Waals surface area (Å²) < 4.78 is 0. The molecule has 23 N–H and O–H groups in total. The number of primary amides is 1. The van der Waals surface area contributed by atoms with Gasteiger partial charge in [0.1, 0.15) is 36.3 Å². The number of unbranched alkanes of at least 4 members (excludes halogenated alkanes) is 1. The summed E-state index contributed by atoms with van der Waals surface area (Å²) in [5.74, 6) is -9.46. The highest BCUT2D eigenvalue weighted by atomic mass is 16.4. The van der Waals surface area contributed by atoms with E-state index in [-0.39, 0.29) is 76.5 Å². The van der Waals surface area contributed by atoms with E-state index in [1.165, 1.54) is 19.4 Å². The molecule has 0 fully saturated rings. The number of aromatic amines is 1. The minimum atomic E-state index is -1.58. The quantitative estimate of drug-likeness (QED) is 0.0177. The topological polar surface area (TPSA) is 502 Å². The molecule has 1 rings (SSSR count). The van der Waals surface area contributed by atoms with E-state index in [0.717, 1.165) is 0 Å². The van der Waals surface area contributed by atoms with Gasteiger partial charge in [-0.25, -0.2) is 4.98 Å². The van der Waals surface area contributed by atoms with Gasteiger partial charge in [0.25, 0.3) is 0 Å². The molecule has 0 aromatic carbocycles. The number of guanidine groups is 2. The lowest BCUT2D eigenvalue weighted by Crippen LogP contribution is -2.60. The molecule has 0 spiro atoms. The zero-order valence-corrected chi connectivity index (χ0v) is 36.3. The van der Waals surface area contributed by atoms with E-state index < -0.39 is 121 Å². The summed E-state index contributed by atoms with van der Waals surface area (Å²) in [4.78, 5) is 131. The second kappa shape index (κ2) is 30.1. The number of aliphatic carboxylic acids is 2. The van der Waals surface area contributed by atoms with Crippen LogP contribution in [-0.2, 0) is 49.6 Å². The number of nitrogens with zero attached hydrogens (tertiary/aromatic N) is 3. The first-order valence-electron chi connectivity index (χ1n) is 20.7. The van der Waals surface area contributed by atoms with Crippen LogP contribution in [0.25, 0.3) is 0 Å². The SMILES string of the molecule is C[C@H](NC(=O)[C@H](CCCN=C(N)N)NC(=O)[C@H](CCCN=C(N)N)NC(=O)[C@H](CCCCN)NC(=O)[C@H](CCC(N)=O)NC(=O)[C@H](CCC(=O)O)NC(=O)[C@@H](N)Cc1cnc[nH]1)C(=O)O. The highest BCUT2D eigenvalue weighted by molar-refractivity contribution is 5.97. The molecule has 1 aromatic heterocycles. The second-order valence-corrected chi connectivity index (χ2v) is 14.9. The van der Waals surface area contributed by atoms with Crippen molar-refractivity contribution in [2.75, 3.05) is 19.6 Å². The number of carbonyl (C=O) groups excluding carboxylic acids is 7. The predicted octanol–water partition coefficient (Wildman–Crippen LogP) is -6.34. The van der Waals surface area contributed by atoms with E-state index in [9.17, 15) is 53.4 Å². The van der Waals surface area contributed by atoms with E-state index in [2.05, 4.69) is 51.9 Å². The highest BCUT2D eigenvalue weighted by Crippen LogP contribution is 2.10. The van der Waals surface area contributed by atoms with Gasteiger partial charge < -0.3 is 87.2 Å². The largest absolute Gasteiger partial charge is 0.481 e. The van der Waals surface area contributed by atoms with Crippen LogP contribution >= 0.6 is 0 Å². The van der Waals surface area contributed by atoms with Gasteiger partial charge in [0.2, 0.25) is 41.4 Å². The average Bonchev–Trinajstić information content (AvgIpc) is 3.74. The maximum atomic E-state index is 14.0. The van der Waals surface area contributed by atoms with E-state index in [1.54, 1.807) is 0 Å². The first kappa shape index (κ1) is 55.9. The molecule has 7 atom stereocenters. The summed E-state index contributed by atoms with van der Waals surface area (Å²) in [6.45, 7) is 1.49. The predicted molar refractivity (Wildman–Crippen MR) is 233 cm³/mol. The molecule has 28 heteroatoms. The zero-order valence-electron chi connectivity index (χ0n) is 36.3. The fourth-order valence-corrected chi connectivity index (χ4v) is 5.87. The molecule has 0 saturated carbocycles. The van der Waals surface area contributed by atoms with Gasteiger partial charge in [-0.2, -0.15) is 0 Å². The van der Waals surface area contributed by atoms with Crippen LogP contribution in [0.5, 0.6) is 0 Å².